The van der Waals surface area contributed by atoms with Gasteiger partial charge in [-0.1, -0.05) is 26.8 Å². The number of anilines is 1. The molecule has 0 radical (unpaired) electrons. The summed E-state index contributed by atoms with van der Waals surface area (Å²) in [4.78, 5) is 4.07. The molecule has 1 heterocycles. The second-order valence-electron chi connectivity index (χ2n) is 4.62. The highest BCUT2D eigenvalue weighted by atomic mass is 32.2. The number of nitrogen functional groups attached to an aromatic ring is 1. The van der Waals surface area contributed by atoms with E-state index in [0.717, 1.165) is 11.3 Å². The van der Waals surface area contributed by atoms with Gasteiger partial charge in [0.1, 0.15) is 5.82 Å². The molecule has 1 aromatic rings. The van der Waals surface area contributed by atoms with Crippen LogP contribution in [0.1, 0.15) is 32.4 Å². The van der Waals surface area contributed by atoms with Crippen molar-refractivity contribution in [2.75, 3.05) is 11.5 Å². The monoisotopic (exact) mass is 240 g/mol. The average molecular weight is 240 g/mol. The predicted octanol–water partition coefficient (Wildman–Crippen LogP) is 1.70. The molecule has 0 aliphatic rings. The van der Waals surface area contributed by atoms with E-state index in [4.69, 9.17) is 11.6 Å². The van der Waals surface area contributed by atoms with Crippen LogP contribution >= 0.6 is 11.8 Å². The molecule has 0 aliphatic carbocycles. The van der Waals surface area contributed by atoms with Gasteiger partial charge in [0.05, 0.1) is 6.04 Å². The first kappa shape index (κ1) is 13.3. The van der Waals surface area contributed by atoms with Crippen molar-refractivity contribution in [3.63, 3.8) is 0 Å². The molecule has 0 bridgehead atoms. The zero-order valence-electron chi connectivity index (χ0n) is 10.0. The highest BCUT2D eigenvalue weighted by Crippen LogP contribution is 2.29. The third kappa shape index (κ3) is 4.00. The predicted molar refractivity (Wildman–Crippen MR) is 70.9 cm³/mol. The lowest BCUT2D eigenvalue weighted by atomic mass is 10.1. The summed E-state index contributed by atoms with van der Waals surface area (Å²) in [6.07, 6.45) is 1.68. The minimum atomic E-state index is 0.0397. The summed E-state index contributed by atoms with van der Waals surface area (Å²) in [7, 11) is 0. The number of thioether (sulfide) groups is 1. The first-order valence-electron chi connectivity index (χ1n) is 5.24. The number of nitrogens with zero attached hydrogens (tertiary/aromatic N) is 1. The van der Waals surface area contributed by atoms with E-state index in [1.165, 1.54) is 0 Å². The molecular weight excluding hydrogens is 220 g/mol. The Labute approximate surface area is 101 Å². The lowest BCUT2D eigenvalue weighted by molar-refractivity contribution is 0.607. The normalized spacial score (nSPS) is 13.8. The fourth-order valence-corrected chi connectivity index (χ4v) is 2.23. The van der Waals surface area contributed by atoms with Gasteiger partial charge in [-0.15, -0.1) is 0 Å². The third-order valence-electron chi connectivity index (χ3n) is 2.13. The molecule has 0 aliphatic heterocycles. The standard InChI is InChI=1S/C11H20N4S/c1-11(2,3)16-7-9(15-13)8-5-4-6-14-10(8)12/h4-6,9,15H,7,13H2,1-3H3,(H2,12,14). The van der Waals surface area contributed by atoms with Crippen LogP contribution in [0.25, 0.3) is 0 Å². The maximum atomic E-state index is 5.82. The van der Waals surface area contributed by atoms with Gasteiger partial charge in [-0.2, -0.15) is 11.8 Å². The molecule has 4 nitrogen and oxygen atoms in total. The first-order chi connectivity index (χ1) is 7.44. The number of aromatic nitrogens is 1. The summed E-state index contributed by atoms with van der Waals surface area (Å²) in [5.74, 6) is 6.97. The number of hydrogen-bond donors (Lipinski definition) is 3. The Morgan fingerprint density at radius 1 is 1.50 bits per heavy atom. The maximum Gasteiger partial charge on any atom is 0.128 e. The second-order valence-corrected chi connectivity index (χ2v) is 6.47. The number of nitrogens with two attached hydrogens (primary N) is 2. The summed E-state index contributed by atoms with van der Waals surface area (Å²) >= 11 is 1.84. The Hall–Kier alpha value is -0.780. The molecule has 16 heavy (non-hydrogen) atoms. The van der Waals surface area contributed by atoms with Crippen LogP contribution < -0.4 is 17.0 Å². The molecule has 1 rings (SSSR count). The van der Waals surface area contributed by atoms with Crippen molar-refractivity contribution in [3.05, 3.63) is 23.9 Å². The van der Waals surface area contributed by atoms with Crippen molar-refractivity contribution < 1.29 is 0 Å². The smallest absolute Gasteiger partial charge is 0.128 e. The van der Waals surface area contributed by atoms with Crippen molar-refractivity contribution >= 4 is 17.6 Å². The van der Waals surface area contributed by atoms with Crippen molar-refractivity contribution in [3.8, 4) is 0 Å². The number of hydrazine groups is 1. The molecule has 1 atom stereocenters. The van der Waals surface area contributed by atoms with Crippen LogP contribution in [-0.2, 0) is 0 Å². The van der Waals surface area contributed by atoms with Crippen LogP contribution in [0, 0.1) is 0 Å². The van der Waals surface area contributed by atoms with Crippen molar-refractivity contribution in [2.24, 2.45) is 5.84 Å². The second kappa shape index (κ2) is 5.52. The zero-order chi connectivity index (χ0) is 12.2. The van der Waals surface area contributed by atoms with E-state index >= 15 is 0 Å². The average Bonchev–Trinajstić information content (AvgIpc) is 2.20. The fraction of sp³-hybridized carbons (Fsp3) is 0.545. The lowest BCUT2D eigenvalue weighted by Gasteiger charge is -2.23. The van der Waals surface area contributed by atoms with Gasteiger partial charge < -0.3 is 5.73 Å². The molecule has 0 amide bonds. The van der Waals surface area contributed by atoms with Crippen molar-refractivity contribution in [2.45, 2.75) is 31.6 Å². The molecule has 1 unspecified atom stereocenters. The van der Waals surface area contributed by atoms with E-state index in [9.17, 15) is 0 Å². The molecule has 5 N–H and O–H groups in total. The largest absolute Gasteiger partial charge is 0.383 e. The molecular formula is C11H20N4S. The summed E-state index contributed by atoms with van der Waals surface area (Å²) in [6, 6.07) is 3.87. The first-order valence-corrected chi connectivity index (χ1v) is 6.23. The van der Waals surface area contributed by atoms with Crippen molar-refractivity contribution in [1.82, 2.24) is 10.4 Å². The van der Waals surface area contributed by atoms with Crippen LogP contribution in [-0.4, -0.2) is 15.5 Å². The van der Waals surface area contributed by atoms with Crippen LogP contribution in [0.15, 0.2) is 18.3 Å². The van der Waals surface area contributed by atoms with Gasteiger partial charge in [-0.05, 0) is 6.07 Å². The number of pyridine rings is 1. The van der Waals surface area contributed by atoms with E-state index in [1.54, 1.807) is 6.20 Å². The molecule has 90 valence electrons. The number of nitrogens with one attached hydrogen (secondary N) is 1. The minimum absolute atomic E-state index is 0.0397. The highest BCUT2D eigenvalue weighted by Gasteiger charge is 2.18. The van der Waals surface area contributed by atoms with E-state index < -0.39 is 0 Å². The quantitative estimate of drug-likeness (QED) is 0.551. The highest BCUT2D eigenvalue weighted by molar-refractivity contribution is 8.00. The zero-order valence-corrected chi connectivity index (χ0v) is 10.8. The van der Waals surface area contributed by atoms with Crippen molar-refractivity contribution in [1.29, 1.82) is 0 Å². The molecule has 0 aromatic carbocycles. The Kier molecular flexibility index (Phi) is 4.58. The SMILES string of the molecule is CC(C)(C)SCC(NN)c1cccnc1N. The Morgan fingerprint density at radius 2 is 2.19 bits per heavy atom. The van der Waals surface area contributed by atoms with Crippen LogP contribution in [0.2, 0.25) is 0 Å². The van der Waals surface area contributed by atoms with E-state index in [-0.39, 0.29) is 10.8 Å². The number of hydrogen-bond acceptors (Lipinski definition) is 5. The van der Waals surface area contributed by atoms with Crippen LogP contribution in [0.5, 0.6) is 0 Å². The minimum Gasteiger partial charge on any atom is -0.383 e. The topological polar surface area (TPSA) is 77.0 Å². The van der Waals surface area contributed by atoms with E-state index in [0.29, 0.717) is 5.82 Å². The summed E-state index contributed by atoms with van der Waals surface area (Å²) in [6.45, 7) is 6.54. The molecule has 0 spiro atoms. The van der Waals surface area contributed by atoms with E-state index in [2.05, 4.69) is 31.2 Å². The van der Waals surface area contributed by atoms with Crippen LogP contribution in [0.4, 0.5) is 5.82 Å². The summed E-state index contributed by atoms with van der Waals surface area (Å²) < 4.78 is 0.214. The molecule has 5 heteroatoms. The van der Waals surface area contributed by atoms with Gasteiger partial charge in [0.25, 0.3) is 0 Å². The summed E-state index contributed by atoms with van der Waals surface area (Å²) in [5.41, 5.74) is 9.57. The van der Waals surface area contributed by atoms with Gasteiger partial charge in [0.15, 0.2) is 0 Å². The third-order valence-corrected chi connectivity index (χ3v) is 3.50. The van der Waals surface area contributed by atoms with Gasteiger partial charge in [-0.3, -0.25) is 11.3 Å². The Balaban J connectivity index is 2.72. The summed E-state index contributed by atoms with van der Waals surface area (Å²) in [5, 5.41) is 0. The molecule has 0 fully saturated rings. The lowest BCUT2D eigenvalue weighted by Crippen LogP contribution is -2.31. The van der Waals surface area contributed by atoms with Gasteiger partial charge >= 0.3 is 0 Å². The maximum absolute atomic E-state index is 5.82. The Morgan fingerprint density at radius 3 is 2.69 bits per heavy atom. The molecule has 0 saturated carbocycles. The Bertz CT molecular complexity index is 335. The van der Waals surface area contributed by atoms with Gasteiger partial charge in [0.2, 0.25) is 0 Å². The number of rotatable bonds is 4. The van der Waals surface area contributed by atoms with Crippen LogP contribution in [0.3, 0.4) is 0 Å². The van der Waals surface area contributed by atoms with Gasteiger partial charge in [0, 0.05) is 22.3 Å². The fourth-order valence-electron chi connectivity index (χ4n) is 1.29. The van der Waals surface area contributed by atoms with Gasteiger partial charge in [-0.25, -0.2) is 4.98 Å². The van der Waals surface area contributed by atoms with E-state index in [1.807, 2.05) is 23.9 Å². The molecule has 1 aromatic heterocycles. The molecule has 0 saturated heterocycles.